The fourth-order valence-electron chi connectivity index (χ4n) is 1.83. The van der Waals surface area contributed by atoms with Crippen molar-refractivity contribution < 1.29 is 45.9 Å². The summed E-state index contributed by atoms with van der Waals surface area (Å²) in [5.74, 6) is -2.21. The first kappa shape index (κ1) is 18.6. The summed E-state index contributed by atoms with van der Waals surface area (Å²) in [6, 6.07) is 3.90. The summed E-state index contributed by atoms with van der Waals surface area (Å²) in [7, 11) is -0.749. The number of hydrogen-bond acceptors (Lipinski definition) is 4. The minimum atomic E-state index is -4.72. The van der Waals surface area contributed by atoms with Gasteiger partial charge in [0.2, 0.25) is 0 Å². The Hall–Kier alpha value is -2.72. The van der Waals surface area contributed by atoms with Crippen LogP contribution in [0, 0.1) is 0 Å². The molecule has 2 aromatic rings. The third-order valence-corrected chi connectivity index (χ3v) is 2.89. The van der Waals surface area contributed by atoms with Crippen LogP contribution in [0.4, 0.5) is 26.3 Å². The maximum atomic E-state index is 12.6. The lowest BCUT2D eigenvalue weighted by Gasteiger charge is -2.13. The molecule has 0 heterocycles. The molecule has 0 aromatic heterocycles. The van der Waals surface area contributed by atoms with Crippen LogP contribution in [0.2, 0.25) is 0 Å². The quantitative estimate of drug-likeness (QED) is 0.638. The zero-order chi connectivity index (χ0) is 18.8. The molecule has 0 aliphatic heterocycles. The first-order valence-corrected chi connectivity index (χ1v) is 6.53. The fraction of sp³-hybridized carbons (Fsp3) is 0.143. The molecule has 134 valence electrons. The highest BCUT2D eigenvalue weighted by molar-refractivity contribution is 6.20. The van der Waals surface area contributed by atoms with Crippen molar-refractivity contribution in [2.45, 2.75) is 12.4 Å². The minimum absolute atomic E-state index is 0.400. The van der Waals surface area contributed by atoms with Gasteiger partial charge >= 0.3 is 20.0 Å². The summed E-state index contributed by atoms with van der Waals surface area (Å²) >= 11 is 0. The van der Waals surface area contributed by atoms with Gasteiger partial charge in [-0.2, -0.15) is 26.3 Å². The summed E-state index contributed by atoms with van der Waals surface area (Å²) in [6.07, 6.45) is -9.44. The molecular weight excluding hydrogens is 357 g/mol. The second kappa shape index (κ2) is 6.65. The average Bonchev–Trinajstić information content (AvgIpc) is 2.44. The Balaban J connectivity index is 2.09. The first-order chi connectivity index (χ1) is 11.4. The van der Waals surface area contributed by atoms with Crippen LogP contribution >= 0.6 is 0 Å². The van der Waals surface area contributed by atoms with Gasteiger partial charge in [0.05, 0.1) is 11.1 Å². The molecule has 4 nitrogen and oxygen atoms in total. The highest BCUT2D eigenvalue weighted by atomic mass is 19.4. The van der Waals surface area contributed by atoms with E-state index in [2.05, 4.69) is 0 Å². The Morgan fingerprint density at radius 1 is 0.640 bits per heavy atom. The number of phenols is 2. The van der Waals surface area contributed by atoms with Gasteiger partial charge in [-0.15, -0.1) is 0 Å². The second-order valence-electron chi connectivity index (χ2n) is 4.83. The Kier molecular flexibility index (Phi) is 4.95. The Bertz CT molecular complexity index is 696. The van der Waals surface area contributed by atoms with E-state index in [1.165, 1.54) is 0 Å². The second-order valence-corrected chi connectivity index (χ2v) is 4.83. The van der Waals surface area contributed by atoms with Crippen molar-refractivity contribution in [1.29, 1.82) is 0 Å². The van der Waals surface area contributed by atoms with E-state index in [4.69, 9.17) is 9.31 Å². The van der Waals surface area contributed by atoms with Gasteiger partial charge in [-0.1, -0.05) is 0 Å². The molecule has 0 fully saturated rings. The van der Waals surface area contributed by atoms with Crippen LogP contribution in [0.5, 0.6) is 23.0 Å². The molecule has 0 bridgehead atoms. The number of benzene rings is 2. The molecule has 0 aliphatic rings. The largest absolute Gasteiger partial charge is 0.576 e. The number of halogens is 6. The third kappa shape index (κ3) is 5.13. The van der Waals surface area contributed by atoms with E-state index in [0.717, 1.165) is 12.1 Å². The van der Waals surface area contributed by atoms with Gasteiger partial charge in [0.15, 0.2) is 0 Å². The Labute approximate surface area is 137 Å². The molecule has 0 unspecified atom stereocenters. The van der Waals surface area contributed by atoms with E-state index < -0.39 is 54.2 Å². The van der Waals surface area contributed by atoms with Crippen molar-refractivity contribution in [1.82, 2.24) is 0 Å². The lowest BCUT2D eigenvalue weighted by Crippen LogP contribution is -2.13. The molecule has 11 heteroatoms. The maximum Gasteiger partial charge on any atom is 0.576 e. The van der Waals surface area contributed by atoms with Gasteiger partial charge in [0.25, 0.3) is 0 Å². The van der Waals surface area contributed by atoms with Gasteiger partial charge in [-0.05, 0) is 24.3 Å². The van der Waals surface area contributed by atoms with Crippen LogP contribution in [0.1, 0.15) is 11.1 Å². The topological polar surface area (TPSA) is 58.9 Å². The van der Waals surface area contributed by atoms with Crippen molar-refractivity contribution in [2.75, 3.05) is 0 Å². The van der Waals surface area contributed by atoms with E-state index in [1.54, 1.807) is 0 Å². The molecule has 25 heavy (non-hydrogen) atoms. The zero-order valence-electron chi connectivity index (χ0n) is 12.1. The van der Waals surface area contributed by atoms with Crippen LogP contribution in [0.15, 0.2) is 36.4 Å². The molecule has 0 aliphatic carbocycles. The average molecular weight is 366 g/mol. The van der Waals surface area contributed by atoms with Gasteiger partial charge in [-0.3, -0.25) is 0 Å². The highest BCUT2D eigenvalue weighted by Gasteiger charge is 2.32. The molecule has 0 saturated carbocycles. The summed E-state index contributed by atoms with van der Waals surface area (Å²) < 4.78 is 85.3. The van der Waals surface area contributed by atoms with Crippen LogP contribution in [0.3, 0.4) is 0 Å². The van der Waals surface area contributed by atoms with E-state index in [-0.39, 0.29) is 0 Å². The van der Waals surface area contributed by atoms with Crippen molar-refractivity contribution in [3.05, 3.63) is 47.5 Å². The number of hydrogen-bond donors (Lipinski definition) is 2. The summed E-state index contributed by atoms with van der Waals surface area (Å²) in [6.45, 7) is 0. The molecule has 0 saturated heterocycles. The van der Waals surface area contributed by atoms with Crippen LogP contribution in [0.25, 0.3) is 0 Å². The first-order valence-electron chi connectivity index (χ1n) is 6.53. The fourth-order valence-corrected chi connectivity index (χ4v) is 1.83. The van der Waals surface area contributed by atoms with E-state index in [1.807, 2.05) is 0 Å². The maximum absolute atomic E-state index is 12.6. The minimum Gasteiger partial charge on any atom is -0.528 e. The third-order valence-electron chi connectivity index (χ3n) is 2.89. The molecule has 0 radical (unpaired) electrons. The monoisotopic (exact) mass is 366 g/mol. The number of phenolic OH excluding ortho intramolecular Hbond substituents is 2. The molecule has 0 amide bonds. The molecular formula is C14H9BF6O4. The van der Waals surface area contributed by atoms with Crippen LogP contribution in [-0.2, 0) is 12.4 Å². The molecule has 2 aromatic carbocycles. The normalized spacial score (nSPS) is 11.9. The Morgan fingerprint density at radius 3 is 1.32 bits per heavy atom. The summed E-state index contributed by atoms with van der Waals surface area (Å²) in [5.41, 5.74) is -2.33. The SMILES string of the molecule is Oc1cc(OBOc2cc(O)cc(C(F)(F)F)c2)cc(C(F)(F)F)c1. The van der Waals surface area contributed by atoms with Gasteiger partial charge in [-0.25, -0.2) is 0 Å². The molecule has 0 atom stereocenters. The Morgan fingerprint density at radius 2 is 1.00 bits per heavy atom. The lowest BCUT2D eigenvalue weighted by atomic mass is 10.1. The van der Waals surface area contributed by atoms with Gasteiger partial charge in [0.1, 0.15) is 23.0 Å². The molecule has 2 N–H and O–H groups in total. The zero-order valence-corrected chi connectivity index (χ0v) is 12.1. The lowest BCUT2D eigenvalue weighted by molar-refractivity contribution is -0.138. The van der Waals surface area contributed by atoms with Gasteiger partial charge in [0, 0.05) is 12.1 Å². The van der Waals surface area contributed by atoms with E-state index in [9.17, 15) is 36.6 Å². The predicted molar refractivity (Wildman–Crippen MR) is 74.6 cm³/mol. The van der Waals surface area contributed by atoms with Crippen molar-refractivity contribution in [3.8, 4) is 23.0 Å². The smallest absolute Gasteiger partial charge is 0.528 e. The van der Waals surface area contributed by atoms with Gasteiger partial charge < -0.3 is 19.5 Å². The molecule has 0 spiro atoms. The summed E-state index contributed by atoms with van der Waals surface area (Å²) in [5, 5.41) is 18.5. The number of rotatable bonds is 4. The summed E-state index contributed by atoms with van der Waals surface area (Å²) in [4.78, 5) is 0. The standard InChI is InChI=1S/C14H9BF6O4/c16-13(17,18)7-1-9(22)5-11(3-7)24-15-25-12-4-8(14(19,20)21)2-10(23)6-12/h1-6,15,22-23H. The van der Waals surface area contributed by atoms with Crippen molar-refractivity contribution >= 4 is 7.69 Å². The molecule has 2 rings (SSSR count). The predicted octanol–water partition coefficient (Wildman–Crippen LogP) is 3.86. The van der Waals surface area contributed by atoms with Crippen LogP contribution < -0.4 is 9.31 Å². The van der Waals surface area contributed by atoms with E-state index in [0.29, 0.717) is 24.3 Å². The number of aromatic hydroxyl groups is 2. The van der Waals surface area contributed by atoms with Crippen molar-refractivity contribution in [2.24, 2.45) is 0 Å². The van der Waals surface area contributed by atoms with E-state index >= 15 is 0 Å². The number of alkyl halides is 6. The highest BCUT2D eigenvalue weighted by Crippen LogP contribution is 2.35. The van der Waals surface area contributed by atoms with Crippen LogP contribution in [-0.4, -0.2) is 17.9 Å². The van der Waals surface area contributed by atoms with Crippen molar-refractivity contribution in [3.63, 3.8) is 0 Å².